The Morgan fingerprint density at radius 1 is 1.00 bits per heavy atom. The molecule has 3 aromatic rings. The van der Waals surface area contributed by atoms with Crippen molar-refractivity contribution < 1.29 is 28.5 Å². The number of nitrogens with one attached hydrogen (secondary N) is 1. The quantitative estimate of drug-likeness (QED) is 0.0750. The number of carbonyl (C=O) groups excluding carboxylic acids is 2. The van der Waals surface area contributed by atoms with E-state index in [-0.39, 0.29) is 18.3 Å². The van der Waals surface area contributed by atoms with E-state index in [0.29, 0.717) is 35.0 Å². The second-order valence-electron chi connectivity index (χ2n) is 9.40. The maximum atomic E-state index is 12.6. The van der Waals surface area contributed by atoms with Crippen LogP contribution in [0.2, 0.25) is 0 Å². The number of halogens is 1. The normalized spacial score (nSPS) is 11.0. The number of ether oxygens (including phenoxy) is 4. The van der Waals surface area contributed by atoms with E-state index in [1.165, 1.54) is 13.3 Å². The van der Waals surface area contributed by atoms with E-state index in [1.54, 1.807) is 42.5 Å². The zero-order chi connectivity index (χ0) is 29.1. The van der Waals surface area contributed by atoms with Crippen LogP contribution in [0.15, 0.2) is 64.2 Å². The molecule has 0 saturated heterocycles. The number of hydrogen-bond acceptors (Lipinski definition) is 7. The largest absolute Gasteiger partial charge is 0.494 e. The van der Waals surface area contributed by atoms with Crippen LogP contribution in [0.5, 0.6) is 23.0 Å². The number of unbranched alkanes of at least 4 members (excludes halogenated alkanes) is 1. The summed E-state index contributed by atoms with van der Waals surface area (Å²) in [6.45, 7) is 8.65. The Hall–Kier alpha value is -3.85. The number of nitrogens with zero attached hydrogens (tertiary/aromatic N) is 1. The van der Waals surface area contributed by atoms with Gasteiger partial charge in [0.15, 0.2) is 18.1 Å². The van der Waals surface area contributed by atoms with Crippen LogP contribution in [0.3, 0.4) is 0 Å². The Bertz CT molecular complexity index is 1340. The number of esters is 1. The van der Waals surface area contributed by atoms with Crippen LogP contribution < -0.4 is 24.4 Å². The fourth-order valence-corrected chi connectivity index (χ4v) is 3.99. The molecule has 9 heteroatoms. The van der Waals surface area contributed by atoms with E-state index in [2.05, 4.69) is 47.2 Å². The molecule has 0 fully saturated rings. The van der Waals surface area contributed by atoms with E-state index in [0.717, 1.165) is 28.4 Å². The molecule has 212 valence electrons. The molecule has 0 aliphatic heterocycles. The first-order valence-corrected chi connectivity index (χ1v) is 13.9. The van der Waals surface area contributed by atoms with Gasteiger partial charge in [-0.2, -0.15) is 5.10 Å². The first-order chi connectivity index (χ1) is 19.2. The zero-order valence-electron chi connectivity index (χ0n) is 23.5. The summed E-state index contributed by atoms with van der Waals surface area (Å²) < 4.78 is 23.3. The third-order valence-corrected chi connectivity index (χ3v) is 6.78. The van der Waals surface area contributed by atoms with Gasteiger partial charge >= 0.3 is 5.97 Å². The average Bonchev–Trinajstić information content (AvgIpc) is 2.94. The van der Waals surface area contributed by atoms with Crippen LogP contribution in [0.4, 0.5) is 0 Å². The van der Waals surface area contributed by atoms with Crippen LogP contribution in [0, 0.1) is 6.92 Å². The Morgan fingerprint density at radius 3 is 2.42 bits per heavy atom. The first kappa shape index (κ1) is 30.7. The topological polar surface area (TPSA) is 95.5 Å². The summed E-state index contributed by atoms with van der Waals surface area (Å²) in [5.41, 5.74) is 5.52. The van der Waals surface area contributed by atoms with Crippen molar-refractivity contribution in [2.45, 2.75) is 46.5 Å². The summed E-state index contributed by atoms with van der Waals surface area (Å²) >= 11 is 3.54. The van der Waals surface area contributed by atoms with E-state index in [1.807, 2.05) is 19.1 Å². The minimum atomic E-state index is -0.520. The molecule has 3 rings (SSSR count). The minimum Gasteiger partial charge on any atom is -0.494 e. The van der Waals surface area contributed by atoms with E-state index >= 15 is 0 Å². The van der Waals surface area contributed by atoms with Gasteiger partial charge in [-0.25, -0.2) is 10.2 Å². The zero-order valence-corrected chi connectivity index (χ0v) is 25.0. The van der Waals surface area contributed by atoms with E-state index in [4.69, 9.17) is 18.9 Å². The lowest BCUT2D eigenvalue weighted by atomic mass is 10.0. The number of hydrazone groups is 1. The minimum absolute atomic E-state index is 0.178. The van der Waals surface area contributed by atoms with Gasteiger partial charge in [0.2, 0.25) is 0 Å². The Kier molecular flexibility index (Phi) is 11.6. The Labute approximate surface area is 243 Å². The number of benzene rings is 3. The summed E-state index contributed by atoms with van der Waals surface area (Å²) in [6, 6.07) is 15.7. The van der Waals surface area contributed by atoms with Gasteiger partial charge in [-0.05, 0) is 90.6 Å². The van der Waals surface area contributed by atoms with Crippen LogP contribution in [0.25, 0.3) is 0 Å². The van der Waals surface area contributed by atoms with Gasteiger partial charge in [-0.3, -0.25) is 4.79 Å². The summed E-state index contributed by atoms with van der Waals surface area (Å²) in [6.07, 6.45) is 3.48. The highest BCUT2D eigenvalue weighted by molar-refractivity contribution is 9.10. The lowest BCUT2D eigenvalue weighted by Crippen LogP contribution is -2.25. The van der Waals surface area contributed by atoms with Crippen molar-refractivity contribution in [1.82, 2.24) is 5.43 Å². The number of aryl methyl sites for hydroxylation is 1. The molecule has 0 radical (unpaired) electrons. The number of amides is 1. The molecule has 40 heavy (non-hydrogen) atoms. The SMILES string of the molecule is CCCCOc1ccc(C(=O)Oc2ccc(C=NNC(=O)COc3cc(C)c(Br)cc3C(C)C)cc2OC)cc1. The van der Waals surface area contributed by atoms with Crippen molar-refractivity contribution in [3.8, 4) is 23.0 Å². The first-order valence-electron chi connectivity index (χ1n) is 13.1. The smallest absolute Gasteiger partial charge is 0.343 e. The van der Waals surface area contributed by atoms with Crippen molar-refractivity contribution in [2.75, 3.05) is 20.3 Å². The standard InChI is InChI=1S/C31H35BrN2O6/c1-6-7-14-38-24-11-9-23(10-12-24)31(36)40-27-13-8-22(16-29(27)37-5)18-33-34-30(35)19-39-28-15-21(4)26(32)17-25(28)20(2)3/h8-13,15-18,20H,6-7,14,19H2,1-5H3,(H,34,35). The van der Waals surface area contributed by atoms with Crippen molar-refractivity contribution in [3.63, 3.8) is 0 Å². The Balaban J connectivity index is 1.56. The monoisotopic (exact) mass is 610 g/mol. The number of rotatable bonds is 13. The molecule has 0 unspecified atom stereocenters. The van der Waals surface area contributed by atoms with E-state index in [9.17, 15) is 9.59 Å². The van der Waals surface area contributed by atoms with Crippen molar-refractivity contribution in [2.24, 2.45) is 5.10 Å². The summed E-state index contributed by atoms with van der Waals surface area (Å²) in [4.78, 5) is 24.9. The second kappa shape index (κ2) is 15.1. The van der Waals surface area contributed by atoms with Gasteiger partial charge in [0.25, 0.3) is 5.91 Å². The molecule has 0 saturated carbocycles. The van der Waals surface area contributed by atoms with Crippen molar-refractivity contribution in [1.29, 1.82) is 0 Å². The van der Waals surface area contributed by atoms with Crippen LogP contribution in [-0.2, 0) is 4.79 Å². The van der Waals surface area contributed by atoms with E-state index < -0.39 is 11.9 Å². The maximum absolute atomic E-state index is 12.6. The summed E-state index contributed by atoms with van der Waals surface area (Å²) in [5, 5.41) is 4.00. The van der Waals surface area contributed by atoms with Crippen LogP contribution in [-0.4, -0.2) is 38.4 Å². The highest BCUT2D eigenvalue weighted by Crippen LogP contribution is 2.32. The van der Waals surface area contributed by atoms with Crippen molar-refractivity contribution >= 4 is 34.0 Å². The summed E-state index contributed by atoms with van der Waals surface area (Å²) in [7, 11) is 1.48. The molecule has 0 heterocycles. The van der Waals surface area contributed by atoms with Gasteiger partial charge in [0.05, 0.1) is 25.5 Å². The molecule has 0 aliphatic rings. The number of methoxy groups -OCH3 is 1. The lowest BCUT2D eigenvalue weighted by Gasteiger charge is -2.15. The molecule has 8 nitrogen and oxygen atoms in total. The molecule has 0 spiro atoms. The predicted octanol–water partition coefficient (Wildman–Crippen LogP) is 6.82. The molecule has 1 amide bonds. The second-order valence-corrected chi connectivity index (χ2v) is 10.3. The summed E-state index contributed by atoms with van der Waals surface area (Å²) in [5.74, 6) is 1.30. The third kappa shape index (κ3) is 8.84. The maximum Gasteiger partial charge on any atom is 0.343 e. The predicted molar refractivity (Wildman–Crippen MR) is 159 cm³/mol. The number of hydrogen-bond donors (Lipinski definition) is 1. The van der Waals surface area contributed by atoms with Gasteiger partial charge in [0, 0.05) is 4.47 Å². The fourth-order valence-electron chi connectivity index (χ4n) is 3.63. The van der Waals surface area contributed by atoms with Crippen molar-refractivity contribution in [3.05, 3.63) is 81.3 Å². The van der Waals surface area contributed by atoms with Crippen LogP contribution in [0.1, 0.15) is 66.6 Å². The Morgan fingerprint density at radius 2 is 1.75 bits per heavy atom. The molecule has 0 bridgehead atoms. The molecular weight excluding hydrogens is 576 g/mol. The molecule has 0 aromatic heterocycles. The average molecular weight is 612 g/mol. The van der Waals surface area contributed by atoms with Gasteiger partial charge in [-0.1, -0.05) is 43.1 Å². The highest BCUT2D eigenvalue weighted by atomic mass is 79.9. The third-order valence-electron chi connectivity index (χ3n) is 5.92. The molecule has 0 atom stereocenters. The molecule has 1 N–H and O–H groups in total. The fraction of sp³-hybridized carbons (Fsp3) is 0.323. The molecule has 3 aromatic carbocycles. The number of carbonyl (C=O) groups is 2. The van der Waals surface area contributed by atoms with Crippen LogP contribution >= 0.6 is 15.9 Å². The van der Waals surface area contributed by atoms with Gasteiger partial charge < -0.3 is 18.9 Å². The van der Waals surface area contributed by atoms with Gasteiger partial charge in [0.1, 0.15) is 11.5 Å². The van der Waals surface area contributed by atoms with Gasteiger partial charge in [-0.15, -0.1) is 0 Å². The molecule has 0 aliphatic carbocycles. The lowest BCUT2D eigenvalue weighted by molar-refractivity contribution is -0.123. The molecular formula is C31H35BrN2O6. The highest BCUT2D eigenvalue weighted by Gasteiger charge is 2.14.